The van der Waals surface area contributed by atoms with Crippen LogP contribution in [0.3, 0.4) is 0 Å². The van der Waals surface area contributed by atoms with Gasteiger partial charge in [0.25, 0.3) is 0 Å². The molecule has 0 bridgehead atoms. The molecule has 2 N–H and O–H groups in total. The number of aliphatic hydroxyl groups is 1. The molecule has 1 fully saturated rings. The molecule has 0 aromatic heterocycles. The minimum absolute atomic E-state index is 0.176. The Morgan fingerprint density at radius 3 is 2.61 bits per heavy atom. The van der Waals surface area contributed by atoms with Crippen molar-refractivity contribution in [2.45, 2.75) is 63.6 Å². The fraction of sp³-hybridized carbons (Fsp3) is 0.625. The molecule has 0 amide bonds. The van der Waals surface area contributed by atoms with Gasteiger partial charge < -0.3 is 10.4 Å². The van der Waals surface area contributed by atoms with Crippen molar-refractivity contribution in [1.29, 1.82) is 0 Å². The SMILES string of the molecule is CCC(NC1CCCCCC1O)c1ccccc1. The van der Waals surface area contributed by atoms with E-state index in [0.717, 1.165) is 19.3 Å². The third-order valence-electron chi connectivity index (χ3n) is 4.00. The first kappa shape index (κ1) is 13.6. The van der Waals surface area contributed by atoms with Gasteiger partial charge in [0, 0.05) is 12.1 Å². The van der Waals surface area contributed by atoms with Crippen LogP contribution in [0.1, 0.15) is 57.1 Å². The summed E-state index contributed by atoms with van der Waals surface area (Å²) in [5, 5.41) is 13.8. The molecule has 1 aliphatic rings. The second-order valence-corrected chi connectivity index (χ2v) is 5.35. The molecule has 0 heterocycles. The lowest BCUT2D eigenvalue weighted by molar-refractivity contribution is 0.113. The van der Waals surface area contributed by atoms with E-state index >= 15 is 0 Å². The van der Waals surface area contributed by atoms with Gasteiger partial charge in [-0.25, -0.2) is 0 Å². The summed E-state index contributed by atoms with van der Waals surface area (Å²) in [6, 6.07) is 11.2. The fourth-order valence-corrected chi connectivity index (χ4v) is 2.88. The molecule has 0 radical (unpaired) electrons. The van der Waals surface area contributed by atoms with Crippen LogP contribution in [0.4, 0.5) is 0 Å². The van der Waals surface area contributed by atoms with Crippen molar-refractivity contribution in [1.82, 2.24) is 5.32 Å². The van der Waals surface area contributed by atoms with E-state index in [1.807, 2.05) is 0 Å². The predicted octanol–water partition coefficient (Wildman–Crippen LogP) is 3.42. The molecule has 2 nitrogen and oxygen atoms in total. The summed E-state index contributed by atoms with van der Waals surface area (Å²) < 4.78 is 0. The molecule has 0 aliphatic heterocycles. The van der Waals surface area contributed by atoms with Crippen LogP contribution in [0.25, 0.3) is 0 Å². The highest BCUT2D eigenvalue weighted by atomic mass is 16.3. The lowest BCUT2D eigenvalue weighted by Crippen LogP contribution is -2.41. The van der Waals surface area contributed by atoms with E-state index < -0.39 is 0 Å². The van der Waals surface area contributed by atoms with Crippen molar-refractivity contribution in [2.24, 2.45) is 0 Å². The van der Waals surface area contributed by atoms with Crippen molar-refractivity contribution in [3.63, 3.8) is 0 Å². The van der Waals surface area contributed by atoms with Gasteiger partial charge in [-0.15, -0.1) is 0 Å². The Bertz CT molecular complexity index is 338. The summed E-state index contributed by atoms with van der Waals surface area (Å²) in [6.07, 6.45) is 6.60. The zero-order valence-electron chi connectivity index (χ0n) is 11.3. The first-order chi connectivity index (χ1) is 8.81. The topological polar surface area (TPSA) is 32.3 Å². The van der Waals surface area contributed by atoms with Gasteiger partial charge in [0.2, 0.25) is 0 Å². The van der Waals surface area contributed by atoms with Crippen LogP contribution in [0.5, 0.6) is 0 Å². The Hall–Kier alpha value is -0.860. The lowest BCUT2D eigenvalue weighted by atomic mass is 10.00. The van der Waals surface area contributed by atoms with Crippen molar-refractivity contribution < 1.29 is 5.11 Å². The third kappa shape index (κ3) is 3.56. The number of hydrogen-bond donors (Lipinski definition) is 2. The molecule has 2 heteroatoms. The van der Waals surface area contributed by atoms with E-state index in [2.05, 4.69) is 42.6 Å². The first-order valence-electron chi connectivity index (χ1n) is 7.30. The van der Waals surface area contributed by atoms with Gasteiger partial charge in [-0.3, -0.25) is 0 Å². The maximum Gasteiger partial charge on any atom is 0.0693 e. The van der Waals surface area contributed by atoms with Crippen LogP contribution < -0.4 is 5.32 Å². The first-order valence-corrected chi connectivity index (χ1v) is 7.30. The molecule has 3 atom stereocenters. The molecule has 1 aromatic rings. The number of aliphatic hydroxyl groups excluding tert-OH is 1. The largest absolute Gasteiger partial charge is 0.392 e. The average molecular weight is 247 g/mol. The van der Waals surface area contributed by atoms with Crippen LogP contribution >= 0.6 is 0 Å². The fourth-order valence-electron chi connectivity index (χ4n) is 2.88. The summed E-state index contributed by atoms with van der Waals surface area (Å²) >= 11 is 0. The van der Waals surface area contributed by atoms with Gasteiger partial charge in [0.1, 0.15) is 0 Å². The van der Waals surface area contributed by atoms with E-state index in [1.165, 1.54) is 24.8 Å². The van der Waals surface area contributed by atoms with Crippen molar-refractivity contribution in [2.75, 3.05) is 0 Å². The summed E-state index contributed by atoms with van der Waals surface area (Å²) in [7, 11) is 0. The minimum Gasteiger partial charge on any atom is -0.392 e. The minimum atomic E-state index is -0.176. The molecule has 3 unspecified atom stereocenters. The van der Waals surface area contributed by atoms with E-state index in [4.69, 9.17) is 0 Å². The van der Waals surface area contributed by atoms with Crippen LogP contribution in [0.2, 0.25) is 0 Å². The summed E-state index contributed by atoms with van der Waals surface area (Å²) in [6.45, 7) is 2.20. The molecule has 1 aliphatic carbocycles. The molecule has 100 valence electrons. The Balaban J connectivity index is 2.01. The smallest absolute Gasteiger partial charge is 0.0693 e. The maximum absolute atomic E-state index is 10.2. The molecule has 1 saturated carbocycles. The predicted molar refractivity (Wildman–Crippen MR) is 75.5 cm³/mol. The van der Waals surface area contributed by atoms with Crippen LogP contribution in [0, 0.1) is 0 Å². The van der Waals surface area contributed by atoms with E-state index in [0.29, 0.717) is 6.04 Å². The monoisotopic (exact) mass is 247 g/mol. The number of nitrogens with one attached hydrogen (secondary N) is 1. The quantitative estimate of drug-likeness (QED) is 0.799. The van der Waals surface area contributed by atoms with E-state index in [9.17, 15) is 5.11 Å². The Kier molecular flexibility index (Phi) is 5.21. The molecule has 1 aromatic carbocycles. The standard InChI is InChI=1S/C16H25NO/c1-2-14(13-9-5-3-6-10-13)17-15-11-7-4-8-12-16(15)18/h3,5-6,9-10,14-18H,2,4,7-8,11-12H2,1H3. The Labute approximate surface area is 110 Å². The van der Waals surface area contributed by atoms with Crippen molar-refractivity contribution >= 4 is 0 Å². The van der Waals surface area contributed by atoms with Gasteiger partial charge in [0.15, 0.2) is 0 Å². The average Bonchev–Trinajstić information content (AvgIpc) is 2.62. The molecular weight excluding hydrogens is 222 g/mol. The van der Waals surface area contributed by atoms with E-state index in [1.54, 1.807) is 0 Å². The molecule has 0 saturated heterocycles. The summed E-state index contributed by atoms with van der Waals surface area (Å²) in [5.41, 5.74) is 1.33. The normalized spacial score (nSPS) is 26.6. The Morgan fingerprint density at radius 1 is 1.17 bits per heavy atom. The van der Waals surface area contributed by atoms with Gasteiger partial charge in [-0.1, -0.05) is 56.5 Å². The van der Waals surface area contributed by atoms with Gasteiger partial charge >= 0.3 is 0 Å². The van der Waals surface area contributed by atoms with Crippen molar-refractivity contribution in [3.8, 4) is 0 Å². The second-order valence-electron chi connectivity index (χ2n) is 5.35. The highest BCUT2D eigenvalue weighted by Crippen LogP contribution is 2.23. The number of benzene rings is 1. The van der Waals surface area contributed by atoms with Crippen LogP contribution in [0.15, 0.2) is 30.3 Å². The summed E-state index contributed by atoms with van der Waals surface area (Å²) in [5.74, 6) is 0. The third-order valence-corrected chi connectivity index (χ3v) is 4.00. The molecule has 18 heavy (non-hydrogen) atoms. The van der Waals surface area contributed by atoms with Crippen molar-refractivity contribution in [3.05, 3.63) is 35.9 Å². The highest BCUT2D eigenvalue weighted by molar-refractivity contribution is 5.19. The van der Waals surface area contributed by atoms with Gasteiger partial charge in [-0.2, -0.15) is 0 Å². The molecule has 0 spiro atoms. The van der Waals surface area contributed by atoms with Crippen LogP contribution in [-0.4, -0.2) is 17.3 Å². The van der Waals surface area contributed by atoms with Crippen LogP contribution in [-0.2, 0) is 0 Å². The van der Waals surface area contributed by atoms with Gasteiger partial charge in [0.05, 0.1) is 6.10 Å². The number of rotatable bonds is 4. The number of hydrogen-bond acceptors (Lipinski definition) is 2. The Morgan fingerprint density at radius 2 is 1.89 bits per heavy atom. The maximum atomic E-state index is 10.2. The van der Waals surface area contributed by atoms with E-state index in [-0.39, 0.29) is 12.1 Å². The lowest BCUT2D eigenvalue weighted by Gasteiger charge is -2.27. The molecular formula is C16H25NO. The second kappa shape index (κ2) is 6.91. The highest BCUT2D eigenvalue weighted by Gasteiger charge is 2.23. The molecule has 2 rings (SSSR count). The zero-order chi connectivity index (χ0) is 12.8. The van der Waals surface area contributed by atoms with Gasteiger partial charge in [-0.05, 0) is 24.8 Å². The zero-order valence-corrected chi connectivity index (χ0v) is 11.3. The summed E-state index contributed by atoms with van der Waals surface area (Å²) in [4.78, 5) is 0.